The summed E-state index contributed by atoms with van der Waals surface area (Å²) in [5, 5.41) is 5.34. The predicted molar refractivity (Wildman–Crippen MR) is 71.3 cm³/mol. The summed E-state index contributed by atoms with van der Waals surface area (Å²) in [4.78, 5) is 22.7. The smallest absolute Gasteiger partial charge is 0.328 e. The molecule has 106 valence electrons. The lowest BCUT2D eigenvalue weighted by Gasteiger charge is -2.17. The largest absolute Gasteiger partial charge is 0.467 e. The highest BCUT2D eigenvalue weighted by Crippen LogP contribution is 2.08. The number of hydrogen-bond donors (Lipinski definition) is 2. The van der Waals surface area contributed by atoms with Gasteiger partial charge in [-0.1, -0.05) is 26.7 Å². The van der Waals surface area contributed by atoms with E-state index in [9.17, 15) is 9.59 Å². The maximum atomic E-state index is 11.6. The standard InChI is InChI=1S/C13H26N2O3/c1-9(2)7-6-8-10(3)14-13(17)15-11(4)12(16)18-5/h9-11H,6-8H2,1-5H3,(H2,14,15,17)/t10-,11-/m0/s1. The summed E-state index contributed by atoms with van der Waals surface area (Å²) >= 11 is 0. The molecule has 0 aromatic rings. The van der Waals surface area contributed by atoms with Crippen LogP contribution in [0.2, 0.25) is 0 Å². The summed E-state index contributed by atoms with van der Waals surface area (Å²) in [6, 6.07) is -0.851. The number of amides is 2. The summed E-state index contributed by atoms with van der Waals surface area (Å²) in [7, 11) is 1.30. The maximum absolute atomic E-state index is 11.6. The van der Waals surface area contributed by atoms with Gasteiger partial charge >= 0.3 is 12.0 Å². The molecule has 0 aliphatic rings. The van der Waals surface area contributed by atoms with Crippen molar-refractivity contribution >= 4 is 12.0 Å². The van der Waals surface area contributed by atoms with Crippen LogP contribution in [0.4, 0.5) is 4.79 Å². The van der Waals surface area contributed by atoms with Crippen LogP contribution in [0.15, 0.2) is 0 Å². The molecule has 2 amide bonds. The van der Waals surface area contributed by atoms with E-state index in [1.54, 1.807) is 6.92 Å². The molecular formula is C13H26N2O3. The highest BCUT2D eigenvalue weighted by atomic mass is 16.5. The van der Waals surface area contributed by atoms with Gasteiger partial charge in [0.2, 0.25) is 0 Å². The SMILES string of the molecule is COC(=O)[C@H](C)NC(=O)N[C@@H](C)CCCC(C)C. The van der Waals surface area contributed by atoms with Crippen LogP contribution < -0.4 is 10.6 Å². The summed E-state index contributed by atoms with van der Waals surface area (Å²) in [5.41, 5.74) is 0. The molecule has 0 unspecified atom stereocenters. The Balaban J connectivity index is 3.83. The van der Waals surface area contributed by atoms with Crippen molar-refractivity contribution in [2.24, 2.45) is 5.92 Å². The molecule has 5 nitrogen and oxygen atoms in total. The van der Waals surface area contributed by atoms with Crippen LogP contribution in [-0.2, 0) is 9.53 Å². The second-order valence-electron chi connectivity index (χ2n) is 5.09. The van der Waals surface area contributed by atoms with E-state index in [0.29, 0.717) is 5.92 Å². The summed E-state index contributed by atoms with van der Waals surface area (Å²) < 4.78 is 4.53. The van der Waals surface area contributed by atoms with Gasteiger partial charge in [-0.15, -0.1) is 0 Å². The van der Waals surface area contributed by atoms with Crippen LogP contribution in [-0.4, -0.2) is 31.2 Å². The minimum Gasteiger partial charge on any atom is -0.467 e. The van der Waals surface area contributed by atoms with Crippen molar-refractivity contribution in [2.75, 3.05) is 7.11 Å². The second kappa shape index (κ2) is 8.78. The molecule has 0 aliphatic heterocycles. The quantitative estimate of drug-likeness (QED) is 0.687. The van der Waals surface area contributed by atoms with E-state index in [2.05, 4.69) is 29.2 Å². The molecule has 0 heterocycles. The Morgan fingerprint density at radius 2 is 1.67 bits per heavy atom. The lowest BCUT2D eigenvalue weighted by molar-refractivity contribution is -0.142. The Labute approximate surface area is 110 Å². The van der Waals surface area contributed by atoms with Crippen LogP contribution in [0.3, 0.4) is 0 Å². The van der Waals surface area contributed by atoms with Gasteiger partial charge in [-0.2, -0.15) is 0 Å². The molecule has 2 atom stereocenters. The van der Waals surface area contributed by atoms with Gasteiger partial charge in [-0.05, 0) is 26.2 Å². The van der Waals surface area contributed by atoms with Crippen molar-refractivity contribution in [3.05, 3.63) is 0 Å². The second-order valence-corrected chi connectivity index (χ2v) is 5.09. The van der Waals surface area contributed by atoms with Gasteiger partial charge < -0.3 is 15.4 Å². The van der Waals surface area contributed by atoms with Crippen LogP contribution >= 0.6 is 0 Å². The predicted octanol–water partition coefficient (Wildman–Crippen LogP) is 2.06. The number of ether oxygens (including phenoxy) is 1. The summed E-state index contributed by atoms with van der Waals surface area (Å²) in [6.45, 7) is 7.92. The zero-order valence-corrected chi connectivity index (χ0v) is 12.1. The van der Waals surface area contributed by atoms with E-state index < -0.39 is 12.0 Å². The number of rotatable bonds is 7. The van der Waals surface area contributed by atoms with E-state index in [0.717, 1.165) is 19.3 Å². The number of nitrogens with one attached hydrogen (secondary N) is 2. The monoisotopic (exact) mass is 258 g/mol. The molecule has 0 aromatic carbocycles. The topological polar surface area (TPSA) is 67.4 Å². The number of carbonyl (C=O) groups is 2. The third kappa shape index (κ3) is 7.92. The first kappa shape index (κ1) is 16.7. The van der Waals surface area contributed by atoms with Crippen LogP contribution in [0.25, 0.3) is 0 Å². The minimum atomic E-state index is -0.627. The van der Waals surface area contributed by atoms with Crippen LogP contribution in [0.1, 0.15) is 47.0 Å². The van der Waals surface area contributed by atoms with Crippen LogP contribution in [0, 0.1) is 5.92 Å². The maximum Gasteiger partial charge on any atom is 0.328 e. The Morgan fingerprint density at radius 1 is 1.06 bits per heavy atom. The normalized spacial score (nSPS) is 13.9. The zero-order valence-electron chi connectivity index (χ0n) is 12.1. The molecular weight excluding hydrogens is 232 g/mol. The lowest BCUT2D eigenvalue weighted by atomic mass is 10.0. The van der Waals surface area contributed by atoms with E-state index in [-0.39, 0.29) is 12.1 Å². The highest BCUT2D eigenvalue weighted by molar-refractivity contribution is 5.83. The molecule has 0 bridgehead atoms. The van der Waals surface area contributed by atoms with Crippen molar-refractivity contribution in [2.45, 2.75) is 59.0 Å². The summed E-state index contributed by atoms with van der Waals surface area (Å²) in [6.07, 6.45) is 3.19. The van der Waals surface area contributed by atoms with E-state index in [4.69, 9.17) is 0 Å². The first-order chi connectivity index (χ1) is 8.36. The van der Waals surface area contributed by atoms with Crippen molar-refractivity contribution in [3.8, 4) is 0 Å². The lowest BCUT2D eigenvalue weighted by Crippen LogP contribution is -2.47. The summed E-state index contributed by atoms with van der Waals surface area (Å²) in [5.74, 6) is 0.239. The van der Waals surface area contributed by atoms with Gasteiger partial charge in [0.15, 0.2) is 0 Å². The fraction of sp³-hybridized carbons (Fsp3) is 0.846. The van der Waals surface area contributed by atoms with Crippen molar-refractivity contribution in [1.29, 1.82) is 0 Å². The molecule has 0 fully saturated rings. The zero-order chi connectivity index (χ0) is 14.1. The van der Waals surface area contributed by atoms with Gasteiger partial charge in [0.1, 0.15) is 6.04 Å². The molecule has 0 radical (unpaired) electrons. The molecule has 0 saturated carbocycles. The third-order valence-corrected chi connectivity index (χ3v) is 2.70. The molecule has 18 heavy (non-hydrogen) atoms. The van der Waals surface area contributed by atoms with Crippen molar-refractivity contribution in [1.82, 2.24) is 10.6 Å². The molecule has 0 spiro atoms. The molecule has 0 aromatic heterocycles. The van der Waals surface area contributed by atoms with Gasteiger partial charge in [-0.3, -0.25) is 0 Å². The average Bonchev–Trinajstić information content (AvgIpc) is 2.26. The van der Waals surface area contributed by atoms with E-state index >= 15 is 0 Å². The van der Waals surface area contributed by atoms with Crippen molar-refractivity contribution in [3.63, 3.8) is 0 Å². The van der Waals surface area contributed by atoms with E-state index in [1.165, 1.54) is 7.11 Å². The molecule has 0 rings (SSSR count). The van der Waals surface area contributed by atoms with Crippen molar-refractivity contribution < 1.29 is 14.3 Å². The average molecular weight is 258 g/mol. The highest BCUT2D eigenvalue weighted by Gasteiger charge is 2.16. The van der Waals surface area contributed by atoms with Gasteiger partial charge in [0.25, 0.3) is 0 Å². The first-order valence-corrected chi connectivity index (χ1v) is 6.51. The number of urea groups is 1. The Hall–Kier alpha value is -1.26. The minimum absolute atomic E-state index is 0.105. The van der Waals surface area contributed by atoms with E-state index in [1.807, 2.05) is 6.92 Å². The molecule has 5 heteroatoms. The fourth-order valence-corrected chi connectivity index (χ4v) is 1.60. The third-order valence-electron chi connectivity index (χ3n) is 2.70. The van der Waals surface area contributed by atoms with Gasteiger partial charge in [0.05, 0.1) is 7.11 Å². The Morgan fingerprint density at radius 3 is 2.17 bits per heavy atom. The van der Waals surface area contributed by atoms with Crippen LogP contribution in [0.5, 0.6) is 0 Å². The first-order valence-electron chi connectivity index (χ1n) is 6.51. The number of methoxy groups -OCH3 is 1. The Kier molecular flexibility index (Phi) is 8.16. The number of esters is 1. The number of hydrogen-bond acceptors (Lipinski definition) is 3. The number of carbonyl (C=O) groups excluding carboxylic acids is 2. The molecule has 0 saturated heterocycles. The Bertz CT molecular complexity index is 267. The molecule has 2 N–H and O–H groups in total. The fourth-order valence-electron chi connectivity index (χ4n) is 1.60. The molecule has 0 aliphatic carbocycles. The van der Waals surface area contributed by atoms with Gasteiger partial charge in [0, 0.05) is 6.04 Å². The van der Waals surface area contributed by atoms with Gasteiger partial charge in [-0.25, -0.2) is 9.59 Å².